The van der Waals surface area contributed by atoms with E-state index >= 15 is 0 Å². The lowest BCUT2D eigenvalue weighted by Crippen LogP contribution is -2.25. The van der Waals surface area contributed by atoms with E-state index in [0.29, 0.717) is 6.54 Å². The van der Waals surface area contributed by atoms with Gasteiger partial charge in [-0.15, -0.1) is 0 Å². The fraction of sp³-hybridized carbons (Fsp3) is 0.308. The van der Waals surface area contributed by atoms with Gasteiger partial charge in [-0.3, -0.25) is 0 Å². The van der Waals surface area contributed by atoms with Gasteiger partial charge in [0.2, 0.25) is 0 Å². The van der Waals surface area contributed by atoms with Crippen LogP contribution in [0, 0.1) is 0 Å². The van der Waals surface area contributed by atoms with Crippen LogP contribution in [0.3, 0.4) is 0 Å². The highest BCUT2D eigenvalue weighted by atomic mass is 15.2. The first-order valence-corrected chi connectivity index (χ1v) is 6.13. The van der Waals surface area contributed by atoms with Crippen LogP contribution in [0.5, 0.6) is 0 Å². The van der Waals surface area contributed by atoms with E-state index in [4.69, 9.17) is 5.73 Å². The lowest BCUT2D eigenvalue weighted by Gasteiger charge is -2.17. The summed E-state index contributed by atoms with van der Waals surface area (Å²) in [4.78, 5) is 14.6. The summed E-state index contributed by atoms with van der Waals surface area (Å²) in [7, 11) is 1.92. The molecular formula is C13H18N6. The van der Waals surface area contributed by atoms with Crippen LogP contribution in [0.15, 0.2) is 36.8 Å². The third-order valence-electron chi connectivity index (χ3n) is 2.59. The molecule has 0 spiro atoms. The maximum Gasteiger partial charge on any atom is 0.139 e. The molecule has 19 heavy (non-hydrogen) atoms. The Hall–Kier alpha value is -2.21. The zero-order valence-corrected chi connectivity index (χ0v) is 11.1. The van der Waals surface area contributed by atoms with Gasteiger partial charge in [-0.05, 0) is 19.1 Å². The van der Waals surface area contributed by atoms with Gasteiger partial charge in [-0.2, -0.15) is 0 Å². The van der Waals surface area contributed by atoms with Crippen LogP contribution >= 0.6 is 0 Å². The predicted molar refractivity (Wildman–Crippen MR) is 76.5 cm³/mol. The lowest BCUT2D eigenvalue weighted by molar-refractivity contribution is 0.777. The Labute approximate surface area is 112 Å². The molecule has 2 rings (SSSR count). The van der Waals surface area contributed by atoms with Crippen molar-refractivity contribution in [1.82, 2.24) is 15.0 Å². The molecule has 6 heteroatoms. The molecule has 3 N–H and O–H groups in total. The summed E-state index contributed by atoms with van der Waals surface area (Å²) >= 11 is 0. The highest BCUT2D eigenvalue weighted by Gasteiger charge is 2.07. The average molecular weight is 258 g/mol. The Morgan fingerprint density at radius 1 is 1.26 bits per heavy atom. The zero-order valence-electron chi connectivity index (χ0n) is 11.1. The quantitative estimate of drug-likeness (QED) is 0.844. The number of nitrogens with zero attached hydrogens (tertiary/aromatic N) is 4. The molecule has 0 aromatic carbocycles. The van der Waals surface area contributed by atoms with Crippen molar-refractivity contribution in [2.45, 2.75) is 13.0 Å². The SMILES string of the molecule is CC(N)CNc1cc(N(C)c2ccccn2)ncn1. The molecular weight excluding hydrogens is 240 g/mol. The molecule has 0 amide bonds. The molecule has 0 saturated carbocycles. The van der Waals surface area contributed by atoms with Gasteiger partial charge in [0, 0.05) is 31.9 Å². The van der Waals surface area contributed by atoms with E-state index < -0.39 is 0 Å². The van der Waals surface area contributed by atoms with Gasteiger partial charge in [0.1, 0.15) is 23.8 Å². The second-order valence-corrected chi connectivity index (χ2v) is 4.37. The average Bonchev–Trinajstić information content (AvgIpc) is 2.45. The largest absolute Gasteiger partial charge is 0.368 e. The normalized spacial score (nSPS) is 11.9. The minimum absolute atomic E-state index is 0.0759. The van der Waals surface area contributed by atoms with Crippen LogP contribution in [0.25, 0.3) is 0 Å². The Morgan fingerprint density at radius 3 is 2.79 bits per heavy atom. The number of aromatic nitrogens is 3. The van der Waals surface area contributed by atoms with Crippen LogP contribution in [-0.2, 0) is 0 Å². The summed E-state index contributed by atoms with van der Waals surface area (Å²) in [6.45, 7) is 2.61. The number of anilines is 3. The molecule has 0 aliphatic heterocycles. The van der Waals surface area contributed by atoms with Crippen molar-refractivity contribution in [2.75, 3.05) is 23.8 Å². The predicted octanol–water partition coefficient (Wildman–Crippen LogP) is 1.40. The van der Waals surface area contributed by atoms with Crippen molar-refractivity contribution in [1.29, 1.82) is 0 Å². The standard InChI is InChI=1S/C13H18N6/c1-10(14)8-16-11-7-13(18-9-17-11)19(2)12-5-3-4-6-15-12/h3-7,9-10H,8,14H2,1-2H3,(H,16,17,18). The molecule has 2 aromatic rings. The monoisotopic (exact) mass is 258 g/mol. The third kappa shape index (κ3) is 3.62. The maximum absolute atomic E-state index is 5.70. The van der Waals surface area contributed by atoms with Gasteiger partial charge in [-0.25, -0.2) is 15.0 Å². The molecule has 0 bridgehead atoms. The summed E-state index contributed by atoms with van der Waals surface area (Å²) < 4.78 is 0. The highest BCUT2D eigenvalue weighted by Crippen LogP contribution is 2.20. The molecule has 0 radical (unpaired) electrons. The maximum atomic E-state index is 5.70. The van der Waals surface area contributed by atoms with Crippen LogP contribution < -0.4 is 16.0 Å². The van der Waals surface area contributed by atoms with Gasteiger partial charge < -0.3 is 16.0 Å². The summed E-state index contributed by atoms with van der Waals surface area (Å²) in [6, 6.07) is 7.70. The van der Waals surface area contributed by atoms with Gasteiger partial charge >= 0.3 is 0 Å². The van der Waals surface area contributed by atoms with Gasteiger partial charge in [-0.1, -0.05) is 6.07 Å². The number of hydrogen-bond donors (Lipinski definition) is 2. The first-order chi connectivity index (χ1) is 9.16. The number of hydrogen-bond acceptors (Lipinski definition) is 6. The molecule has 100 valence electrons. The molecule has 2 heterocycles. The van der Waals surface area contributed by atoms with E-state index in [0.717, 1.165) is 17.5 Å². The number of pyridine rings is 1. The minimum Gasteiger partial charge on any atom is -0.368 e. The Kier molecular flexibility index (Phi) is 4.25. The van der Waals surface area contributed by atoms with E-state index in [-0.39, 0.29) is 6.04 Å². The number of nitrogens with two attached hydrogens (primary N) is 1. The van der Waals surface area contributed by atoms with Crippen LogP contribution in [0.2, 0.25) is 0 Å². The van der Waals surface area contributed by atoms with E-state index in [1.54, 1.807) is 6.20 Å². The summed E-state index contributed by atoms with van der Waals surface area (Å²) in [5.74, 6) is 2.37. The molecule has 0 aliphatic rings. The Balaban J connectivity index is 2.14. The minimum atomic E-state index is 0.0759. The van der Waals surface area contributed by atoms with Gasteiger partial charge in [0.25, 0.3) is 0 Å². The number of nitrogens with one attached hydrogen (secondary N) is 1. The van der Waals surface area contributed by atoms with Crippen molar-refractivity contribution in [3.63, 3.8) is 0 Å². The van der Waals surface area contributed by atoms with Crippen molar-refractivity contribution < 1.29 is 0 Å². The summed E-state index contributed by atoms with van der Waals surface area (Å²) in [5, 5.41) is 3.17. The summed E-state index contributed by atoms with van der Waals surface area (Å²) in [5.41, 5.74) is 5.70. The molecule has 2 aromatic heterocycles. The molecule has 1 unspecified atom stereocenters. The second kappa shape index (κ2) is 6.10. The van der Waals surface area contributed by atoms with E-state index in [2.05, 4.69) is 20.3 Å². The van der Waals surface area contributed by atoms with E-state index in [1.165, 1.54) is 6.33 Å². The van der Waals surface area contributed by atoms with Crippen LogP contribution in [0.4, 0.5) is 17.5 Å². The van der Waals surface area contributed by atoms with Gasteiger partial charge in [0.05, 0.1) is 0 Å². The molecule has 1 atom stereocenters. The molecule has 0 saturated heterocycles. The highest BCUT2D eigenvalue weighted by molar-refractivity contribution is 5.57. The van der Waals surface area contributed by atoms with Crippen LogP contribution in [0.1, 0.15) is 6.92 Å². The van der Waals surface area contributed by atoms with Crippen molar-refractivity contribution in [2.24, 2.45) is 5.73 Å². The van der Waals surface area contributed by atoms with Crippen molar-refractivity contribution in [3.05, 3.63) is 36.8 Å². The number of rotatable bonds is 5. The fourth-order valence-electron chi connectivity index (χ4n) is 1.56. The molecule has 6 nitrogen and oxygen atoms in total. The zero-order chi connectivity index (χ0) is 13.7. The Morgan fingerprint density at radius 2 is 2.11 bits per heavy atom. The lowest BCUT2D eigenvalue weighted by atomic mass is 10.3. The fourth-order valence-corrected chi connectivity index (χ4v) is 1.56. The second-order valence-electron chi connectivity index (χ2n) is 4.37. The van der Waals surface area contributed by atoms with Crippen molar-refractivity contribution >= 4 is 17.5 Å². The molecule has 0 aliphatic carbocycles. The smallest absolute Gasteiger partial charge is 0.139 e. The summed E-state index contributed by atoms with van der Waals surface area (Å²) in [6.07, 6.45) is 3.28. The first-order valence-electron chi connectivity index (χ1n) is 6.13. The first kappa shape index (κ1) is 13.2. The van der Waals surface area contributed by atoms with Crippen LogP contribution in [-0.4, -0.2) is 34.6 Å². The Bertz CT molecular complexity index is 514. The van der Waals surface area contributed by atoms with E-state index in [1.807, 2.05) is 43.1 Å². The topological polar surface area (TPSA) is 80.0 Å². The van der Waals surface area contributed by atoms with E-state index in [9.17, 15) is 0 Å². The third-order valence-corrected chi connectivity index (χ3v) is 2.59. The van der Waals surface area contributed by atoms with Gasteiger partial charge in [0.15, 0.2) is 0 Å². The molecule has 0 fully saturated rings. The van der Waals surface area contributed by atoms with Crippen molar-refractivity contribution in [3.8, 4) is 0 Å².